The fraction of sp³-hybridized carbons (Fsp3) is 0.100. The van der Waals surface area contributed by atoms with Crippen molar-refractivity contribution >= 4 is 11.6 Å². The summed E-state index contributed by atoms with van der Waals surface area (Å²) in [6, 6.07) is 7.63. The van der Waals surface area contributed by atoms with Gasteiger partial charge in [-0.25, -0.2) is 9.97 Å². The molecule has 0 spiro atoms. The molecule has 0 unspecified atom stereocenters. The molecule has 0 radical (unpaired) electrons. The highest BCUT2D eigenvalue weighted by Gasteiger charge is 2.30. The number of alkyl halides is 3. The third kappa shape index (κ3) is 3.11. The second-order valence-electron chi connectivity index (χ2n) is 6.53. The molecule has 0 N–H and O–H groups in total. The molecule has 4 aromatic rings. The second kappa shape index (κ2) is 6.71. The van der Waals surface area contributed by atoms with Crippen molar-refractivity contribution in [3.8, 4) is 28.9 Å². The lowest BCUT2D eigenvalue weighted by atomic mass is 10.1. The van der Waals surface area contributed by atoms with Gasteiger partial charge in [-0.3, -0.25) is 4.57 Å². The summed E-state index contributed by atoms with van der Waals surface area (Å²) in [6.07, 6.45) is -0.419. The zero-order valence-electron chi connectivity index (χ0n) is 15.0. The molecule has 30 heavy (non-hydrogen) atoms. The first-order chi connectivity index (χ1) is 14.4. The van der Waals surface area contributed by atoms with Crippen LogP contribution < -0.4 is 0 Å². The van der Waals surface area contributed by atoms with Crippen molar-refractivity contribution in [2.75, 3.05) is 0 Å². The van der Waals surface area contributed by atoms with Crippen LogP contribution in [0.15, 0.2) is 49.2 Å². The summed E-state index contributed by atoms with van der Waals surface area (Å²) in [7, 11) is 0. The lowest BCUT2D eigenvalue weighted by Gasteiger charge is -2.08. The van der Waals surface area contributed by atoms with Crippen LogP contribution in [-0.4, -0.2) is 29.3 Å². The Hall–Kier alpha value is -3.64. The zero-order chi connectivity index (χ0) is 20.9. The Balaban J connectivity index is 1.57. The van der Waals surface area contributed by atoms with Crippen molar-refractivity contribution in [2.45, 2.75) is 12.7 Å². The number of hydrogen-bond acceptors (Lipinski definition) is 4. The first kappa shape index (κ1) is 18.4. The number of hydrogen-bond donors (Lipinski definition) is 0. The van der Waals surface area contributed by atoms with Gasteiger partial charge in [-0.15, -0.1) is 10.2 Å². The van der Waals surface area contributed by atoms with E-state index in [0.29, 0.717) is 23.1 Å². The van der Waals surface area contributed by atoms with Gasteiger partial charge in [0.15, 0.2) is 5.82 Å². The monoisotopic (exact) mass is 426 g/mol. The Labute approximate surface area is 173 Å². The van der Waals surface area contributed by atoms with E-state index in [2.05, 4.69) is 32.0 Å². The van der Waals surface area contributed by atoms with Gasteiger partial charge in [-0.2, -0.15) is 13.2 Å². The van der Waals surface area contributed by atoms with Crippen LogP contribution >= 0.6 is 11.6 Å². The van der Waals surface area contributed by atoms with Crippen LogP contribution in [-0.2, 0) is 12.7 Å². The van der Waals surface area contributed by atoms with Crippen LogP contribution in [0.2, 0.25) is 5.02 Å². The van der Waals surface area contributed by atoms with E-state index in [-0.39, 0.29) is 5.69 Å². The minimum absolute atomic E-state index is 0.218. The van der Waals surface area contributed by atoms with Gasteiger partial charge in [-0.1, -0.05) is 11.6 Å². The molecule has 1 aromatic carbocycles. The predicted molar refractivity (Wildman–Crippen MR) is 102 cm³/mol. The summed E-state index contributed by atoms with van der Waals surface area (Å²) in [4.78, 5) is 8.16. The van der Waals surface area contributed by atoms with E-state index in [9.17, 15) is 13.2 Å². The van der Waals surface area contributed by atoms with Gasteiger partial charge in [0.1, 0.15) is 24.0 Å². The highest BCUT2D eigenvalue weighted by molar-refractivity contribution is 6.31. The maximum Gasteiger partial charge on any atom is 0.417 e. The van der Waals surface area contributed by atoms with Gasteiger partial charge in [0.25, 0.3) is 0 Å². The van der Waals surface area contributed by atoms with Crippen molar-refractivity contribution < 1.29 is 13.2 Å². The van der Waals surface area contributed by atoms with Crippen LogP contribution in [0.3, 0.4) is 0 Å². The lowest BCUT2D eigenvalue weighted by molar-refractivity contribution is -0.137. The lowest BCUT2D eigenvalue weighted by Crippen LogP contribution is -2.05. The molecule has 10 heteroatoms. The summed E-state index contributed by atoms with van der Waals surface area (Å²) in [5.74, 6) is 6.36. The maximum atomic E-state index is 12.7. The molecule has 0 atom stereocenters. The summed E-state index contributed by atoms with van der Waals surface area (Å²) in [5.41, 5.74) is 2.31. The van der Waals surface area contributed by atoms with Gasteiger partial charge in [0, 0.05) is 16.8 Å². The molecular weight excluding hydrogens is 417 g/mol. The molecule has 148 valence electrons. The second-order valence-corrected chi connectivity index (χ2v) is 6.97. The van der Waals surface area contributed by atoms with Crippen molar-refractivity contribution in [1.29, 1.82) is 0 Å². The van der Waals surface area contributed by atoms with E-state index >= 15 is 0 Å². The third-order valence-electron chi connectivity index (χ3n) is 4.66. The number of benzene rings is 1. The molecule has 0 saturated carbocycles. The number of imidazole rings is 1. The van der Waals surface area contributed by atoms with Gasteiger partial charge in [0.2, 0.25) is 0 Å². The Kier molecular flexibility index (Phi) is 4.11. The van der Waals surface area contributed by atoms with Crippen molar-refractivity contribution in [3.63, 3.8) is 0 Å². The largest absolute Gasteiger partial charge is 0.417 e. The van der Waals surface area contributed by atoms with E-state index in [0.717, 1.165) is 29.2 Å². The molecule has 4 heterocycles. The average molecular weight is 427 g/mol. The minimum Gasteiger partial charge on any atom is -0.307 e. The Morgan fingerprint density at radius 3 is 2.67 bits per heavy atom. The summed E-state index contributed by atoms with van der Waals surface area (Å²) in [5, 5.41) is 8.75. The summed E-state index contributed by atoms with van der Waals surface area (Å²) >= 11 is 6.17. The maximum absolute atomic E-state index is 12.7. The smallest absolute Gasteiger partial charge is 0.307 e. The van der Waals surface area contributed by atoms with Crippen LogP contribution in [0.5, 0.6) is 0 Å². The number of rotatable bonds is 0. The first-order valence-electron chi connectivity index (χ1n) is 8.70. The van der Waals surface area contributed by atoms with Crippen LogP contribution in [0.4, 0.5) is 13.2 Å². The molecule has 0 amide bonds. The molecule has 0 fully saturated rings. The topological polar surface area (TPSA) is 61.4 Å². The van der Waals surface area contributed by atoms with E-state index < -0.39 is 11.7 Å². The molecule has 3 aromatic heterocycles. The van der Waals surface area contributed by atoms with E-state index in [1.807, 2.05) is 21.3 Å². The standard InChI is InChI=1S/C20H10ClF3N6/c21-13-2-6-17-15(7-13)19-28-27-11-29(19)9-18-16(26-10-30(17)18)5-4-14-3-1-12(8-25-14)20(22,23)24/h1-3,6-8,10-11H,9H2. The molecule has 1 aliphatic rings. The number of pyridine rings is 1. The Morgan fingerprint density at radius 2 is 1.90 bits per heavy atom. The molecule has 0 aliphatic carbocycles. The molecule has 5 rings (SSSR count). The van der Waals surface area contributed by atoms with Gasteiger partial charge >= 0.3 is 6.18 Å². The molecule has 0 saturated heterocycles. The fourth-order valence-electron chi connectivity index (χ4n) is 3.23. The van der Waals surface area contributed by atoms with Crippen molar-refractivity contribution in [1.82, 2.24) is 29.3 Å². The highest BCUT2D eigenvalue weighted by Crippen LogP contribution is 2.33. The van der Waals surface area contributed by atoms with Crippen LogP contribution in [0.1, 0.15) is 22.6 Å². The first-order valence-corrected chi connectivity index (χ1v) is 9.07. The molecule has 1 aliphatic heterocycles. The predicted octanol–water partition coefficient (Wildman–Crippen LogP) is 3.96. The van der Waals surface area contributed by atoms with Crippen LogP contribution in [0.25, 0.3) is 17.1 Å². The summed E-state index contributed by atoms with van der Waals surface area (Å²) < 4.78 is 41.8. The summed E-state index contributed by atoms with van der Waals surface area (Å²) in [6.45, 7) is 0.416. The average Bonchev–Trinajstić information content (AvgIpc) is 3.31. The number of halogens is 4. The molecule has 0 bridgehead atoms. The Morgan fingerprint density at radius 1 is 1.03 bits per heavy atom. The molecule has 6 nitrogen and oxygen atoms in total. The van der Waals surface area contributed by atoms with E-state index in [1.54, 1.807) is 18.7 Å². The number of fused-ring (bicyclic) bond motifs is 5. The van der Waals surface area contributed by atoms with E-state index in [4.69, 9.17) is 11.6 Å². The molecular formula is C20H10ClF3N6. The fourth-order valence-corrected chi connectivity index (χ4v) is 3.41. The van der Waals surface area contributed by atoms with Gasteiger partial charge in [-0.05, 0) is 42.2 Å². The normalized spacial score (nSPS) is 12.3. The van der Waals surface area contributed by atoms with Crippen molar-refractivity contribution in [3.05, 3.63) is 76.9 Å². The highest BCUT2D eigenvalue weighted by atomic mass is 35.5. The third-order valence-corrected chi connectivity index (χ3v) is 4.90. The number of nitrogens with zero attached hydrogens (tertiary/aromatic N) is 6. The van der Waals surface area contributed by atoms with Crippen LogP contribution in [0, 0.1) is 11.8 Å². The van der Waals surface area contributed by atoms with Gasteiger partial charge < -0.3 is 4.57 Å². The number of aromatic nitrogens is 6. The van der Waals surface area contributed by atoms with Gasteiger partial charge in [0.05, 0.1) is 23.5 Å². The minimum atomic E-state index is -4.44. The quantitative estimate of drug-likeness (QED) is 0.352. The van der Waals surface area contributed by atoms with E-state index in [1.165, 1.54) is 6.07 Å². The zero-order valence-corrected chi connectivity index (χ0v) is 15.8. The SMILES string of the molecule is FC(F)(F)c1ccc(C#Cc2ncn3c2Cn2cnnc2-c2cc(Cl)ccc2-3)nc1. The van der Waals surface area contributed by atoms with Crippen molar-refractivity contribution in [2.24, 2.45) is 0 Å². The Bertz CT molecular complexity index is 1330.